The zero-order valence-corrected chi connectivity index (χ0v) is 15.1. The summed E-state index contributed by atoms with van der Waals surface area (Å²) in [6.07, 6.45) is 1.56. The molecular weight excluding hydrogens is 346 g/mol. The first-order valence-corrected chi connectivity index (χ1v) is 8.78. The van der Waals surface area contributed by atoms with Crippen molar-refractivity contribution in [3.8, 4) is 11.5 Å². The Hall–Kier alpha value is -3.35. The first kappa shape index (κ1) is 17.1. The average molecular weight is 365 g/mol. The second kappa shape index (κ2) is 6.75. The van der Waals surface area contributed by atoms with Gasteiger partial charge in [0.25, 0.3) is 5.91 Å². The number of nitrogens with one attached hydrogen (secondary N) is 1. The number of ether oxygens (including phenoxy) is 2. The molecule has 1 aliphatic rings. The second-order valence-electron chi connectivity index (χ2n) is 6.29. The van der Waals surface area contributed by atoms with E-state index in [0.29, 0.717) is 48.0 Å². The van der Waals surface area contributed by atoms with Crippen molar-refractivity contribution in [2.24, 2.45) is 0 Å². The Kier molecular flexibility index (Phi) is 4.27. The molecule has 1 N–H and O–H groups in total. The van der Waals surface area contributed by atoms with Crippen molar-refractivity contribution in [1.82, 2.24) is 9.55 Å². The minimum absolute atomic E-state index is 0.0740. The van der Waals surface area contributed by atoms with Crippen molar-refractivity contribution in [2.75, 3.05) is 18.5 Å². The lowest BCUT2D eigenvalue weighted by atomic mass is 10.1. The number of aryl methyl sites for hydroxylation is 2. The summed E-state index contributed by atoms with van der Waals surface area (Å²) in [6.45, 7) is 5.36. The molecule has 138 valence electrons. The van der Waals surface area contributed by atoms with E-state index >= 15 is 0 Å². The highest BCUT2D eigenvalue weighted by Gasteiger charge is 2.18. The molecule has 0 fully saturated rings. The molecule has 0 saturated carbocycles. The van der Waals surface area contributed by atoms with Crippen LogP contribution in [0.25, 0.3) is 11.0 Å². The van der Waals surface area contributed by atoms with Crippen LogP contribution < -0.4 is 20.2 Å². The van der Waals surface area contributed by atoms with Gasteiger partial charge in [0.05, 0.1) is 5.39 Å². The van der Waals surface area contributed by atoms with Crippen molar-refractivity contribution < 1.29 is 14.3 Å². The molecule has 3 aromatic rings. The van der Waals surface area contributed by atoms with Gasteiger partial charge in [-0.3, -0.25) is 9.59 Å². The Balaban J connectivity index is 1.71. The molecule has 4 rings (SSSR count). The summed E-state index contributed by atoms with van der Waals surface area (Å²) >= 11 is 0. The SMILES string of the molecule is CCn1cc(C(=O)Nc2ccc3c(c2)OCCO3)c(=O)c2ccc(C)nc21. The number of benzene rings is 1. The number of amides is 1. The first-order chi connectivity index (χ1) is 13.1. The van der Waals surface area contributed by atoms with Gasteiger partial charge in [0.2, 0.25) is 5.43 Å². The van der Waals surface area contributed by atoms with Crippen LogP contribution in [0.2, 0.25) is 0 Å². The van der Waals surface area contributed by atoms with E-state index in [1.807, 2.05) is 18.4 Å². The van der Waals surface area contributed by atoms with Gasteiger partial charge in [0.15, 0.2) is 11.5 Å². The standard InChI is InChI=1S/C20H19N3O4/c1-3-23-11-15(18(24)14-6-4-12(2)21-19(14)23)20(25)22-13-5-7-16-17(10-13)27-9-8-26-16/h4-7,10-11H,3,8-9H2,1-2H3,(H,22,25). The molecule has 0 radical (unpaired) electrons. The van der Waals surface area contributed by atoms with Crippen LogP contribution in [0.5, 0.6) is 11.5 Å². The smallest absolute Gasteiger partial charge is 0.261 e. The van der Waals surface area contributed by atoms with E-state index in [2.05, 4.69) is 10.3 Å². The average Bonchev–Trinajstić information content (AvgIpc) is 2.68. The summed E-state index contributed by atoms with van der Waals surface area (Å²) in [6, 6.07) is 8.63. The lowest BCUT2D eigenvalue weighted by Crippen LogP contribution is -2.24. The highest BCUT2D eigenvalue weighted by molar-refractivity contribution is 6.05. The second-order valence-corrected chi connectivity index (χ2v) is 6.29. The maximum atomic E-state index is 12.8. The number of nitrogens with zero attached hydrogens (tertiary/aromatic N) is 2. The summed E-state index contributed by atoms with van der Waals surface area (Å²) in [5.41, 5.74) is 1.67. The first-order valence-electron chi connectivity index (χ1n) is 8.78. The van der Waals surface area contributed by atoms with Crippen LogP contribution in [0.4, 0.5) is 5.69 Å². The van der Waals surface area contributed by atoms with Crippen LogP contribution in [-0.2, 0) is 6.54 Å². The molecular formula is C20H19N3O4. The third kappa shape index (κ3) is 3.12. The van der Waals surface area contributed by atoms with E-state index in [1.54, 1.807) is 36.5 Å². The summed E-state index contributed by atoms with van der Waals surface area (Å²) in [7, 11) is 0. The number of hydrogen-bond donors (Lipinski definition) is 1. The van der Waals surface area contributed by atoms with Gasteiger partial charge < -0.3 is 19.4 Å². The van der Waals surface area contributed by atoms with E-state index in [-0.39, 0.29) is 11.0 Å². The van der Waals surface area contributed by atoms with Gasteiger partial charge in [0, 0.05) is 30.2 Å². The number of carbonyl (C=O) groups is 1. The predicted molar refractivity (Wildman–Crippen MR) is 102 cm³/mol. The van der Waals surface area contributed by atoms with Crippen LogP contribution in [0, 0.1) is 6.92 Å². The highest BCUT2D eigenvalue weighted by atomic mass is 16.6. The molecule has 0 spiro atoms. The van der Waals surface area contributed by atoms with Crippen molar-refractivity contribution >= 4 is 22.6 Å². The number of pyridine rings is 2. The Labute approximate surface area is 155 Å². The van der Waals surface area contributed by atoms with Crippen LogP contribution in [0.15, 0.2) is 41.3 Å². The minimum Gasteiger partial charge on any atom is -0.486 e. The number of carbonyl (C=O) groups excluding carboxylic acids is 1. The minimum atomic E-state index is -0.471. The van der Waals surface area contributed by atoms with E-state index in [4.69, 9.17) is 9.47 Å². The Bertz CT molecular complexity index is 1100. The monoisotopic (exact) mass is 365 g/mol. The van der Waals surface area contributed by atoms with Crippen molar-refractivity contribution in [1.29, 1.82) is 0 Å². The van der Waals surface area contributed by atoms with Gasteiger partial charge in [-0.1, -0.05) is 0 Å². The topological polar surface area (TPSA) is 82.5 Å². The molecule has 2 aromatic heterocycles. The number of aromatic nitrogens is 2. The number of rotatable bonds is 3. The molecule has 3 heterocycles. The number of anilines is 1. The van der Waals surface area contributed by atoms with Gasteiger partial charge in [-0.15, -0.1) is 0 Å². The third-order valence-corrected chi connectivity index (χ3v) is 4.45. The molecule has 0 saturated heterocycles. The quantitative estimate of drug-likeness (QED) is 0.772. The van der Waals surface area contributed by atoms with E-state index in [0.717, 1.165) is 5.69 Å². The summed E-state index contributed by atoms with van der Waals surface area (Å²) in [5, 5.41) is 3.20. The number of fused-ring (bicyclic) bond motifs is 2. The molecule has 7 heteroatoms. The fraction of sp³-hybridized carbons (Fsp3) is 0.250. The van der Waals surface area contributed by atoms with Crippen molar-refractivity contribution in [2.45, 2.75) is 20.4 Å². The molecule has 0 unspecified atom stereocenters. The zero-order valence-electron chi connectivity index (χ0n) is 15.1. The fourth-order valence-electron chi connectivity index (χ4n) is 3.08. The molecule has 7 nitrogen and oxygen atoms in total. The highest BCUT2D eigenvalue weighted by Crippen LogP contribution is 2.32. The Morgan fingerprint density at radius 2 is 1.96 bits per heavy atom. The van der Waals surface area contributed by atoms with E-state index in [1.165, 1.54) is 0 Å². The van der Waals surface area contributed by atoms with E-state index in [9.17, 15) is 9.59 Å². The molecule has 0 atom stereocenters. The summed E-state index contributed by atoms with van der Waals surface area (Å²) < 4.78 is 12.8. The maximum Gasteiger partial charge on any atom is 0.261 e. The summed E-state index contributed by atoms with van der Waals surface area (Å²) in [4.78, 5) is 30.0. The van der Waals surface area contributed by atoms with Gasteiger partial charge in [-0.25, -0.2) is 4.98 Å². The van der Waals surface area contributed by atoms with Crippen molar-refractivity contribution in [3.63, 3.8) is 0 Å². The Morgan fingerprint density at radius 3 is 2.74 bits per heavy atom. The fourth-order valence-corrected chi connectivity index (χ4v) is 3.08. The van der Waals surface area contributed by atoms with Crippen LogP contribution >= 0.6 is 0 Å². The van der Waals surface area contributed by atoms with Gasteiger partial charge in [-0.05, 0) is 38.1 Å². The van der Waals surface area contributed by atoms with Gasteiger partial charge >= 0.3 is 0 Å². The van der Waals surface area contributed by atoms with Crippen LogP contribution in [0.3, 0.4) is 0 Å². The maximum absolute atomic E-state index is 12.8. The molecule has 1 aliphatic heterocycles. The molecule has 27 heavy (non-hydrogen) atoms. The van der Waals surface area contributed by atoms with Gasteiger partial charge in [0.1, 0.15) is 24.4 Å². The van der Waals surface area contributed by atoms with Crippen molar-refractivity contribution in [3.05, 3.63) is 58.0 Å². The normalized spacial score (nSPS) is 12.8. The predicted octanol–water partition coefficient (Wildman–Crippen LogP) is 2.75. The largest absolute Gasteiger partial charge is 0.486 e. The molecule has 0 aliphatic carbocycles. The lowest BCUT2D eigenvalue weighted by Gasteiger charge is -2.19. The van der Waals surface area contributed by atoms with Gasteiger partial charge in [-0.2, -0.15) is 0 Å². The number of hydrogen-bond acceptors (Lipinski definition) is 5. The Morgan fingerprint density at radius 1 is 1.19 bits per heavy atom. The molecule has 1 amide bonds. The lowest BCUT2D eigenvalue weighted by molar-refractivity contribution is 0.102. The third-order valence-electron chi connectivity index (χ3n) is 4.45. The van der Waals surface area contributed by atoms with Crippen LogP contribution in [-0.4, -0.2) is 28.7 Å². The molecule has 1 aromatic carbocycles. The zero-order chi connectivity index (χ0) is 19.0. The summed E-state index contributed by atoms with van der Waals surface area (Å²) in [5.74, 6) is 0.740. The van der Waals surface area contributed by atoms with Crippen LogP contribution in [0.1, 0.15) is 23.0 Å². The van der Waals surface area contributed by atoms with E-state index < -0.39 is 5.91 Å². The molecule has 0 bridgehead atoms.